The zero-order chi connectivity index (χ0) is 11.5. The molecule has 1 aromatic rings. The van der Waals surface area contributed by atoms with Gasteiger partial charge in [-0.3, -0.25) is 0 Å². The van der Waals surface area contributed by atoms with Crippen molar-refractivity contribution in [2.45, 2.75) is 6.18 Å². The van der Waals surface area contributed by atoms with E-state index in [1.54, 1.807) is 0 Å². The Kier molecular flexibility index (Phi) is 3.36. The van der Waals surface area contributed by atoms with Gasteiger partial charge in [0.1, 0.15) is 5.75 Å². The summed E-state index contributed by atoms with van der Waals surface area (Å²) in [5.41, 5.74) is 4.47. The molecular formula is C10H10F3NO. The highest BCUT2D eigenvalue weighted by Gasteiger charge is 2.30. The quantitative estimate of drug-likeness (QED) is 0.798. The van der Waals surface area contributed by atoms with E-state index in [4.69, 9.17) is 5.73 Å². The summed E-state index contributed by atoms with van der Waals surface area (Å²) < 4.78 is 36.9. The maximum absolute atomic E-state index is 12.3. The van der Waals surface area contributed by atoms with Crippen LogP contribution in [0.5, 0.6) is 5.75 Å². The van der Waals surface area contributed by atoms with E-state index in [1.807, 2.05) is 0 Å². The summed E-state index contributed by atoms with van der Waals surface area (Å²) in [4.78, 5) is 0. The summed E-state index contributed by atoms with van der Waals surface area (Å²) in [7, 11) is 0. The predicted octanol–water partition coefficient (Wildman–Crippen LogP) is 2.38. The van der Waals surface area contributed by atoms with E-state index < -0.39 is 11.7 Å². The summed E-state index contributed by atoms with van der Waals surface area (Å²) >= 11 is 0. The second-order valence-electron chi connectivity index (χ2n) is 2.91. The van der Waals surface area contributed by atoms with E-state index in [1.165, 1.54) is 12.2 Å². The molecule has 15 heavy (non-hydrogen) atoms. The summed E-state index contributed by atoms with van der Waals surface area (Å²) in [6.45, 7) is 0.204. The van der Waals surface area contributed by atoms with Crippen molar-refractivity contribution in [1.29, 1.82) is 0 Å². The van der Waals surface area contributed by atoms with E-state index in [0.29, 0.717) is 0 Å². The molecule has 0 aliphatic heterocycles. The number of nitrogens with two attached hydrogens (primary N) is 1. The molecule has 2 nitrogen and oxygen atoms in total. The van der Waals surface area contributed by atoms with Crippen LogP contribution in [-0.2, 0) is 6.18 Å². The van der Waals surface area contributed by atoms with Crippen LogP contribution in [0.1, 0.15) is 11.1 Å². The minimum Gasteiger partial charge on any atom is -0.507 e. The molecule has 0 heterocycles. The summed E-state index contributed by atoms with van der Waals surface area (Å²) in [6.07, 6.45) is -1.58. The zero-order valence-corrected chi connectivity index (χ0v) is 7.75. The Labute approximate surface area is 84.8 Å². The van der Waals surface area contributed by atoms with Gasteiger partial charge in [-0.25, -0.2) is 0 Å². The van der Waals surface area contributed by atoms with Gasteiger partial charge in [0.05, 0.1) is 5.56 Å². The van der Waals surface area contributed by atoms with Gasteiger partial charge in [0.25, 0.3) is 0 Å². The van der Waals surface area contributed by atoms with Gasteiger partial charge in [-0.1, -0.05) is 12.2 Å². The first-order valence-corrected chi connectivity index (χ1v) is 4.22. The topological polar surface area (TPSA) is 46.2 Å². The van der Waals surface area contributed by atoms with Gasteiger partial charge in [-0.15, -0.1) is 0 Å². The Bertz CT molecular complexity index is 371. The smallest absolute Gasteiger partial charge is 0.416 e. The third-order valence-electron chi connectivity index (χ3n) is 1.79. The van der Waals surface area contributed by atoms with Crippen LogP contribution < -0.4 is 5.73 Å². The van der Waals surface area contributed by atoms with E-state index in [-0.39, 0.29) is 17.9 Å². The van der Waals surface area contributed by atoms with Crippen molar-refractivity contribution < 1.29 is 18.3 Å². The number of hydrogen-bond acceptors (Lipinski definition) is 2. The average Bonchev–Trinajstić information content (AvgIpc) is 2.15. The molecular weight excluding hydrogens is 207 g/mol. The van der Waals surface area contributed by atoms with Crippen LogP contribution >= 0.6 is 0 Å². The Morgan fingerprint density at radius 3 is 2.53 bits per heavy atom. The maximum Gasteiger partial charge on any atom is 0.416 e. The van der Waals surface area contributed by atoms with E-state index in [9.17, 15) is 18.3 Å². The molecule has 0 aromatic heterocycles. The lowest BCUT2D eigenvalue weighted by Gasteiger charge is -2.08. The first kappa shape index (κ1) is 11.6. The molecule has 1 aromatic carbocycles. The molecule has 0 atom stereocenters. The van der Waals surface area contributed by atoms with Gasteiger partial charge in [0, 0.05) is 12.1 Å². The highest BCUT2D eigenvalue weighted by atomic mass is 19.4. The Hall–Kier alpha value is -1.49. The monoisotopic (exact) mass is 217 g/mol. The van der Waals surface area contributed by atoms with E-state index in [0.717, 1.165) is 18.2 Å². The van der Waals surface area contributed by atoms with Crippen LogP contribution in [-0.4, -0.2) is 11.7 Å². The summed E-state index contributed by atoms with van der Waals surface area (Å²) in [6, 6.07) is 2.72. The first-order chi connectivity index (χ1) is 6.95. The molecule has 0 amide bonds. The van der Waals surface area contributed by atoms with Crippen molar-refractivity contribution in [1.82, 2.24) is 0 Å². The molecule has 0 aliphatic rings. The van der Waals surface area contributed by atoms with Gasteiger partial charge in [0.15, 0.2) is 0 Å². The molecule has 0 saturated heterocycles. The average molecular weight is 217 g/mol. The van der Waals surface area contributed by atoms with Crippen LogP contribution in [0.15, 0.2) is 24.3 Å². The second kappa shape index (κ2) is 4.35. The van der Waals surface area contributed by atoms with Crippen molar-refractivity contribution in [3.63, 3.8) is 0 Å². The molecule has 3 N–H and O–H groups in total. The maximum atomic E-state index is 12.3. The number of halogens is 3. The van der Waals surface area contributed by atoms with Gasteiger partial charge in [-0.05, 0) is 18.2 Å². The number of rotatable bonds is 2. The lowest BCUT2D eigenvalue weighted by atomic mass is 10.1. The number of benzene rings is 1. The van der Waals surface area contributed by atoms with Crippen LogP contribution in [0.25, 0.3) is 6.08 Å². The van der Waals surface area contributed by atoms with Crippen molar-refractivity contribution in [2.75, 3.05) is 6.54 Å². The largest absolute Gasteiger partial charge is 0.507 e. The van der Waals surface area contributed by atoms with Crippen molar-refractivity contribution in [3.05, 3.63) is 35.4 Å². The van der Waals surface area contributed by atoms with Crippen molar-refractivity contribution in [3.8, 4) is 5.75 Å². The molecule has 0 spiro atoms. The van der Waals surface area contributed by atoms with Gasteiger partial charge >= 0.3 is 6.18 Å². The molecule has 0 bridgehead atoms. The fraction of sp³-hybridized carbons (Fsp3) is 0.200. The Balaban J connectivity index is 3.11. The van der Waals surface area contributed by atoms with Gasteiger partial charge in [0.2, 0.25) is 0 Å². The number of alkyl halides is 3. The number of aromatic hydroxyl groups is 1. The zero-order valence-electron chi connectivity index (χ0n) is 7.75. The normalized spacial score (nSPS) is 12.3. The molecule has 0 unspecified atom stereocenters. The Morgan fingerprint density at radius 1 is 1.33 bits per heavy atom. The first-order valence-electron chi connectivity index (χ1n) is 4.22. The molecule has 82 valence electrons. The third kappa shape index (κ3) is 2.99. The SMILES string of the molecule is NCC=Cc1cc(C(F)(F)F)ccc1O. The predicted molar refractivity (Wildman–Crippen MR) is 51.2 cm³/mol. The summed E-state index contributed by atoms with van der Waals surface area (Å²) in [5, 5.41) is 9.27. The lowest BCUT2D eigenvalue weighted by Crippen LogP contribution is -2.04. The third-order valence-corrected chi connectivity index (χ3v) is 1.79. The van der Waals surface area contributed by atoms with Crippen molar-refractivity contribution >= 4 is 6.08 Å². The molecule has 0 radical (unpaired) electrons. The summed E-state index contributed by atoms with van der Waals surface area (Å²) in [5.74, 6) is -0.201. The fourth-order valence-electron chi connectivity index (χ4n) is 1.06. The lowest BCUT2D eigenvalue weighted by molar-refractivity contribution is -0.137. The van der Waals surface area contributed by atoms with E-state index >= 15 is 0 Å². The molecule has 0 fully saturated rings. The van der Waals surface area contributed by atoms with Crippen LogP contribution in [0.4, 0.5) is 13.2 Å². The van der Waals surface area contributed by atoms with Crippen LogP contribution in [0.3, 0.4) is 0 Å². The number of phenolic OH excluding ortho intramolecular Hbond substituents is 1. The van der Waals surface area contributed by atoms with Crippen LogP contribution in [0.2, 0.25) is 0 Å². The van der Waals surface area contributed by atoms with Gasteiger partial charge in [-0.2, -0.15) is 13.2 Å². The van der Waals surface area contributed by atoms with Gasteiger partial charge < -0.3 is 10.8 Å². The standard InChI is InChI=1S/C10H10F3NO/c11-10(12,13)8-3-4-9(15)7(6-8)2-1-5-14/h1-4,6,15H,5,14H2. The number of hydrogen-bond donors (Lipinski definition) is 2. The van der Waals surface area contributed by atoms with E-state index in [2.05, 4.69) is 0 Å². The number of phenols is 1. The highest BCUT2D eigenvalue weighted by Crippen LogP contribution is 2.32. The fourth-order valence-corrected chi connectivity index (χ4v) is 1.06. The van der Waals surface area contributed by atoms with Crippen LogP contribution in [0, 0.1) is 0 Å². The Morgan fingerprint density at radius 2 is 2.00 bits per heavy atom. The minimum atomic E-state index is -4.40. The second-order valence-corrected chi connectivity index (χ2v) is 2.91. The highest BCUT2D eigenvalue weighted by molar-refractivity contribution is 5.58. The minimum absolute atomic E-state index is 0.107. The molecule has 5 heteroatoms. The molecule has 1 rings (SSSR count). The van der Waals surface area contributed by atoms with Crippen molar-refractivity contribution in [2.24, 2.45) is 5.73 Å². The molecule has 0 saturated carbocycles. The molecule has 0 aliphatic carbocycles.